The van der Waals surface area contributed by atoms with Gasteiger partial charge in [0.2, 0.25) is 0 Å². The van der Waals surface area contributed by atoms with E-state index in [0.717, 1.165) is 6.07 Å². The third kappa shape index (κ3) is 2.58. The summed E-state index contributed by atoms with van der Waals surface area (Å²) in [5.74, 6) is -0.199. The van der Waals surface area contributed by atoms with Gasteiger partial charge < -0.3 is 4.74 Å². The highest BCUT2D eigenvalue weighted by molar-refractivity contribution is 5.98. The Morgan fingerprint density at radius 3 is 2.65 bits per heavy atom. The van der Waals surface area contributed by atoms with E-state index < -0.39 is 16.4 Å². The Morgan fingerprint density at radius 2 is 2.24 bits per heavy atom. The maximum absolute atomic E-state index is 11.3. The summed E-state index contributed by atoms with van der Waals surface area (Å²) in [5, 5.41) is 19.7. The van der Waals surface area contributed by atoms with Crippen LogP contribution in [-0.2, 0) is 0 Å². The second-order valence-corrected chi connectivity index (χ2v) is 3.22. The third-order valence-electron chi connectivity index (χ3n) is 2.09. The van der Waals surface area contributed by atoms with Crippen LogP contribution in [0.3, 0.4) is 0 Å². The molecule has 0 amide bonds. The molecule has 17 heavy (non-hydrogen) atoms. The van der Waals surface area contributed by atoms with Crippen LogP contribution in [0.15, 0.2) is 12.1 Å². The topological polar surface area (TPSA) is 93.2 Å². The van der Waals surface area contributed by atoms with E-state index in [4.69, 9.17) is 10.00 Å². The third-order valence-corrected chi connectivity index (χ3v) is 2.09. The van der Waals surface area contributed by atoms with Crippen molar-refractivity contribution < 1.29 is 14.5 Å². The van der Waals surface area contributed by atoms with Crippen molar-refractivity contribution in [3.05, 3.63) is 33.4 Å². The van der Waals surface area contributed by atoms with Gasteiger partial charge in [-0.3, -0.25) is 14.9 Å². The molecule has 0 atom stereocenters. The Hall–Kier alpha value is -2.42. The number of carbonyl (C=O) groups is 1. The lowest BCUT2D eigenvalue weighted by atomic mass is 10.0. The van der Waals surface area contributed by atoms with E-state index in [1.165, 1.54) is 13.0 Å². The fourth-order valence-corrected chi connectivity index (χ4v) is 1.39. The number of Topliss-reactive ketones (excluding diaryl/α,β-unsaturated/α-hetero) is 1. The summed E-state index contributed by atoms with van der Waals surface area (Å²) in [6, 6.07) is 4.17. The first-order chi connectivity index (χ1) is 8.01. The van der Waals surface area contributed by atoms with Crippen LogP contribution in [0.4, 0.5) is 5.69 Å². The minimum Gasteiger partial charge on any atom is -0.494 e. The van der Waals surface area contributed by atoms with Gasteiger partial charge in [0.1, 0.15) is 17.4 Å². The minimum absolute atomic E-state index is 0.00477. The molecule has 1 aromatic carbocycles. The second-order valence-electron chi connectivity index (χ2n) is 3.22. The zero-order chi connectivity index (χ0) is 13.0. The van der Waals surface area contributed by atoms with E-state index >= 15 is 0 Å². The van der Waals surface area contributed by atoms with Crippen LogP contribution in [0.1, 0.15) is 29.8 Å². The molecule has 0 fully saturated rings. The number of ketones is 1. The normalized spacial score (nSPS) is 9.47. The van der Waals surface area contributed by atoms with E-state index in [0.29, 0.717) is 6.61 Å². The van der Waals surface area contributed by atoms with Crippen LogP contribution in [-0.4, -0.2) is 17.3 Å². The quantitative estimate of drug-likeness (QED) is 0.451. The van der Waals surface area contributed by atoms with Crippen LogP contribution < -0.4 is 4.74 Å². The number of hydrogen-bond donors (Lipinski definition) is 0. The van der Waals surface area contributed by atoms with Crippen molar-refractivity contribution in [2.24, 2.45) is 0 Å². The lowest BCUT2D eigenvalue weighted by Gasteiger charge is -2.06. The maximum atomic E-state index is 11.3. The first-order valence-electron chi connectivity index (χ1n) is 4.87. The zero-order valence-electron chi connectivity index (χ0n) is 9.39. The van der Waals surface area contributed by atoms with E-state index in [-0.39, 0.29) is 16.9 Å². The number of nitriles is 1. The number of rotatable bonds is 4. The van der Waals surface area contributed by atoms with E-state index in [1.807, 2.05) is 0 Å². The SMILES string of the molecule is CCOc1cc(C(C)=O)c(C#N)c([N+](=O)[O-])c1. The minimum atomic E-state index is -0.701. The van der Waals surface area contributed by atoms with Gasteiger partial charge in [0, 0.05) is 5.56 Å². The molecule has 0 aromatic heterocycles. The molecule has 0 spiro atoms. The Morgan fingerprint density at radius 1 is 1.59 bits per heavy atom. The van der Waals surface area contributed by atoms with Gasteiger partial charge in [0.15, 0.2) is 5.78 Å². The smallest absolute Gasteiger partial charge is 0.291 e. The van der Waals surface area contributed by atoms with Gasteiger partial charge in [-0.25, -0.2) is 0 Å². The molecule has 6 nitrogen and oxygen atoms in total. The highest BCUT2D eigenvalue weighted by atomic mass is 16.6. The summed E-state index contributed by atoms with van der Waals surface area (Å²) < 4.78 is 5.12. The second kappa shape index (κ2) is 5.07. The van der Waals surface area contributed by atoms with Crippen LogP contribution in [0.25, 0.3) is 0 Å². The first-order valence-corrected chi connectivity index (χ1v) is 4.87. The molecule has 0 aliphatic heterocycles. The Balaban J connectivity index is 3.52. The molecule has 0 aliphatic rings. The zero-order valence-corrected chi connectivity index (χ0v) is 9.39. The van der Waals surface area contributed by atoms with Gasteiger partial charge in [-0.15, -0.1) is 0 Å². The number of nitro benzene ring substituents is 1. The predicted octanol–water partition coefficient (Wildman–Crippen LogP) is 2.07. The van der Waals surface area contributed by atoms with E-state index in [1.54, 1.807) is 13.0 Å². The van der Waals surface area contributed by atoms with Gasteiger partial charge in [0.05, 0.1) is 17.6 Å². The summed E-state index contributed by atoms with van der Waals surface area (Å²) >= 11 is 0. The summed E-state index contributed by atoms with van der Waals surface area (Å²) in [6.45, 7) is 3.29. The van der Waals surface area contributed by atoms with Crippen molar-refractivity contribution in [1.82, 2.24) is 0 Å². The Labute approximate surface area is 97.6 Å². The van der Waals surface area contributed by atoms with E-state index in [2.05, 4.69) is 0 Å². The molecule has 88 valence electrons. The molecule has 0 heterocycles. The van der Waals surface area contributed by atoms with Gasteiger partial charge in [-0.2, -0.15) is 5.26 Å². The molecular formula is C11H10N2O4. The van der Waals surface area contributed by atoms with Crippen molar-refractivity contribution in [2.45, 2.75) is 13.8 Å². The Bertz CT molecular complexity index is 482. The lowest BCUT2D eigenvalue weighted by molar-refractivity contribution is -0.385. The highest BCUT2D eigenvalue weighted by Crippen LogP contribution is 2.28. The number of ether oxygens (including phenoxy) is 1. The molecule has 0 aliphatic carbocycles. The summed E-state index contributed by atoms with van der Waals surface area (Å²) in [6.07, 6.45) is 0. The molecule has 0 N–H and O–H groups in total. The van der Waals surface area contributed by atoms with Crippen LogP contribution in [0, 0.1) is 21.4 Å². The van der Waals surface area contributed by atoms with Gasteiger partial charge in [0.25, 0.3) is 5.69 Å². The lowest BCUT2D eigenvalue weighted by Crippen LogP contribution is -2.03. The summed E-state index contributed by atoms with van der Waals surface area (Å²) in [4.78, 5) is 21.4. The van der Waals surface area contributed by atoms with Crippen LogP contribution >= 0.6 is 0 Å². The Kier molecular flexibility index (Phi) is 3.78. The van der Waals surface area contributed by atoms with Crippen LogP contribution in [0.2, 0.25) is 0 Å². The summed E-state index contributed by atoms with van der Waals surface area (Å²) in [5.41, 5.74) is -0.639. The van der Waals surface area contributed by atoms with Gasteiger partial charge in [-0.1, -0.05) is 0 Å². The average molecular weight is 234 g/mol. The summed E-state index contributed by atoms with van der Waals surface area (Å²) in [7, 11) is 0. The molecule has 0 saturated heterocycles. The number of nitrogens with zero attached hydrogens (tertiary/aromatic N) is 2. The van der Waals surface area contributed by atoms with Gasteiger partial charge in [-0.05, 0) is 19.9 Å². The van der Waals surface area contributed by atoms with Crippen molar-refractivity contribution >= 4 is 11.5 Å². The van der Waals surface area contributed by atoms with E-state index in [9.17, 15) is 14.9 Å². The largest absolute Gasteiger partial charge is 0.494 e. The van der Waals surface area contributed by atoms with Crippen molar-refractivity contribution in [1.29, 1.82) is 5.26 Å². The molecule has 6 heteroatoms. The average Bonchev–Trinajstić information content (AvgIpc) is 2.28. The predicted molar refractivity (Wildman–Crippen MR) is 59.0 cm³/mol. The van der Waals surface area contributed by atoms with Crippen molar-refractivity contribution in [3.8, 4) is 11.8 Å². The van der Waals surface area contributed by atoms with Gasteiger partial charge >= 0.3 is 0 Å². The molecular weight excluding hydrogens is 224 g/mol. The fraction of sp³-hybridized carbons (Fsp3) is 0.273. The molecule has 0 unspecified atom stereocenters. The number of hydrogen-bond acceptors (Lipinski definition) is 5. The maximum Gasteiger partial charge on any atom is 0.291 e. The molecule has 0 bridgehead atoms. The standard InChI is InChI=1S/C11H10N2O4/c1-3-17-8-4-9(7(2)14)10(6-12)11(5-8)13(15)16/h4-5H,3H2,1-2H3. The number of benzene rings is 1. The first kappa shape index (κ1) is 12.6. The van der Waals surface area contributed by atoms with Crippen molar-refractivity contribution in [3.63, 3.8) is 0 Å². The number of nitro groups is 1. The highest BCUT2D eigenvalue weighted by Gasteiger charge is 2.22. The molecule has 1 rings (SSSR count). The molecule has 0 saturated carbocycles. The van der Waals surface area contributed by atoms with Crippen molar-refractivity contribution in [2.75, 3.05) is 6.61 Å². The fourth-order valence-electron chi connectivity index (χ4n) is 1.39. The molecule has 0 radical (unpaired) electrons. The van der Waals surface area contributed by atoms with Crippen LogP contribution in [0.5, 0.6) is 5.75 Å². The molecule has 1 aromatic rings. The monoisotopic (exact) mass is 234 g/mol. The number of carbonyl (C=O) groups excluding carboxylic acids is 1.